The topological polar surface area (TPSA) is 33.1 Å². The summed E-state index contributed by atoms with van der Waals surface area (Å²) in [5.74, 6) is -0.267. The molecule has 1 atom stereocenters. The minimum Gasteiger partial charge on any atom is -0.389 e. The number of halogens is 1. The fourth-order valence-electron chi connectivity index (χ4n) is 1.82. The van der Waals surface area contributed by atoms with Gasteiger partial charge in [0, 0.05) is 23.9 Å². The molecule has 0 fully saturated rings. The highest BCUT2D eigenvalue weighted by Gasteiger charge is 2.23. The lowest BCUT2D eigenvalue weighted by molar-refractivity contribution is 0.0607. The zero-order chi connectivity index (χ0) is 12.3. The molecule has 2 nitrogen and oxygen atoms in total. The van der Waals surface area contributed by atoms with Crippen LogP contribution < -0.4 is 0 Å². The quantitative estimate of drug-likeness (QED) is 0.906. The Bertz CT molecular complexity index is 482. The summed E-state index contributed by atoms with van der Waals surface area (Å²) in [4.78, 5) is 4.97. The van der Waals surface area contributed by atoms with Crippen LogP contribution in [-0.4, -0.2) is 15.7 Å². The van der Waals surface area contributed by atoms with Crippen LogP contribution in [0.1, 0.15) is 17.4 Å². The molecule has 2 aromatic rings. The molecule has 1 unspecified atom stereocenters. The van der Waals surface area contributed by atoms with E-state index in [0.29, 0.717) is 18.4 Å². The van der Waals surface area contributed by atoms with Gasteiger partial charge >= 0.3 is 0 Å². The van der Waals surface area contributed by atoms with E-state index in [1.54, 1.807) is 36.8 Å². The van der Waals surface area contributed by atoms with Crippen LogP contribution >= 0.6 is 11.3 Å². The van der Waals surface area contributed by atoms with Gasteiger partial charge in [0.15, 0.2) is 0 Å². The van der Waals surface area contributed by atoms with Crippen molar-refractivity contribution in [2.45, 2.75) is 25.4 Å². The fraction of sp³-hybridized carbons (Fsp3) is 0.308. The predicted octanol–water partition coefficient (Wildman–Crippen LogP) is 2.82. The van der Waals surface area contributed by atoms with Crippen molar-refractivity contribution in [1.29, 1.82) is 0 Å². The number of hydrogen-bond donors (Lipinski definition) is 1. The second kappa shape index (κ2) is 4.94. The zero-order valence-electron chi connectivity index (χ0n) is 9.56. The minimum atomic E-state index is -0.950. The van der Waals surface area contributed by atoms with Crippen LogP contribution in [0.4, 0.5) is 4.39 Å². The zero-order valence-corrected chi connectivity index (χ0v) is 10.4. The monoisotopic (exact) mass is 251 g/mol. The molecule has 0 amide bonds. The summed E-state index contributed by atoms with van der Waals surface area (Å²) in [6, 6.07) is 6.55. The van der Waals surface area contributed by atoms with Gasteiger partial charge in [-0.25, -0.2) is 4.39 Å². The van der Waals surface area contributed by atoms with Crippen LogP contribution in [-0.2, 0) is 12.8 Å². The van der Waals surface area contributed by atoms with E-state index in [-0.39, 0.29) is 5.82 Å². The van der Waals surface area contributed by atoms with Crippen molar-refractivity contribution in [1.82, 2.24) is 4.98 Å². The van der Waals surface area contributed by atoms with E-state index in [1.807, 2.05) is 0 Å². The van der Waals surface area contributed by atoms with E-state index in [0.717, 1.165) is 4.88 Å². The Labute approximate surface area is 104 Å². The highest BCUT2D eigenvalue weighted by Crippen LogP contribution is 2.21. The first-order chi connectivity index (χ1) is 8.07. The van der Waals surface area contributed by atoms with E-state index in [2.05, 4.69) is 4.98 Å². The molecule has 1 aromatic carbocycles. The van der Waals surface area contributed by atoms with Crippen molar-refractivity contribution in [3.05, 3.63) is 52.2 Å². The Morgan fingerprint density at radius 2 is 2.12 bits per heavy atom. The summed E-state index contributed by atoms with van der Waals surface area (Å²) in [6.45, 7) is 1.72. The van der Waals surface area contributed by atoms with Crippen LogP contribution in [0.2, 0.25) is 0 Å². The number of aromatic nitrogens is 1. The molecular weight excluding hydrogens is 237 g/mol. The lowest BCUT2D eigenvalue weighted by Crippen LogP contribution is -2.30. The van der Waals surface area contributed by atoms with Gasteiger partial charge in [-0.15, -0.1) is 11.3 Å². The van der Waals surface area contributed by atoms with Gasteiger partial charge < -0.3 is 5.11 Å². The number of benzene rings is 1. The molecule has 0 radical (unpaired) electrons. The molecule has 0 saturated carbocycles. The van der Waals surface area contributed by atoms with Gasteiger partial charge in [0.25, 0.3) is 0 Å². The van der Waals surface area contributed by atoms with Crippen LogP contribution in [0.3, 0.4) is 0 Å². The van der Waals surface area contributed by atoms with Gasteiger partial charge in [0.05, 0.1) is 11.1 Å². The lowest BCUT2D eigenvalue weighted by Gasteiger charge is -2.22. The highest BCUT2D eigenvalue weighted by molar-refractivity contribution is 7.09. The Kier molecular flexibility index (Phi) is 3.54. The molecule has 1 aromatic heterocycles. The standard InChI is InChI=1S/C13H14FNOS/c1-13(16,7-11-8-15-9-17-11)6-10-4-2-3-5-12(10)14/h2-5,8-9,16H,6-7H2,1H3. The van der Waals surface area contributed by atoms with Gasteiger partial charge in [0.1, 0.15) is 5.82 Å². The maximum absolute atomic E-state index is 13.5. The SMILES string of the molecule is CC(O)(Cc1cncs1)Cc1ccccc1F. The Balaban J connectivity index is 2.09. The van der Waals surface area contributed by atoms with Crippen LogP contribution in [0.15, 0.2) is 36.0 Å². The Morgan fingerprint density at radius 1 is 1.35 bits per heavy atom. The second-order valence-corrected chi connectivity index (χ2v) is 5.38. The molecule has 4 heteroatoms. The van der Waals surface area contributed by atoms with Crippen molar-refractivity contribution in [2.75, 3.05) is 0 Å². The predicted molar refractivity (Wildman–Crippen MR) is 66.5 cm³/mol. The largest absolute Gasteiger partial charge is 0.389 e. The summed E-state index contributed by atoms with van der Waals surface area (Å²) >= 11 is 1.50. The third kappa shape index (κ3) is 3.35. The van der Waals surface area contributed by atoms with Crippen LogP contribution in [0.5, 0.6) is 0 Å². The van der Waals surface area contributed by atoms with E-state index in [9.17, 15) is 9.50 Å². The van der Waals surface area contributed by atoms with Crippen molar-refractivity contribution in [3.8, 4) is 0 Å². The fourth-order valence-corrected chi connectivity index (χ4v) is 2.59. The minimum absolute atomic E-state index is 0.267. The first-order valence-corrected chi connectivity index (χ1v) is 6.28. The smallest absolute Gasteiger partial charge is 0.126 e. The maximum atomic E-state index is 13.5. The molecular formula is C13H14FNOS. The third-order valence-electron chi connectivity index (χ3n) is 2.57. The molecule has 1 heterocycles. The Morgan fingerprint density at radius 3 is 2.76 bits per heavy atom. The van der Waals surface area contributed by atoms with Crippen molar-refractivity contribution in [2.24, 2.45) is 0 Å². The second-order valence-electron chi connectivity index (χ2n) is 4.41. The molecule has 2 rings (SSSR count). The summed E-state index contributed by atoms with van der Waals surface area (Å²) in [6.07, 6.45) is 2.53. The molecule has 0 spiro atoms. The first-order valence-electron chi connectivity index (χ1n) is 5.40. The number of aliphatic hydroxyl groups is 1. The number of thiazole rings is 1. The molecule has 17 heavy (non-hydrogen) atoms. The number of rotatable bonds is 4. The molecule has 0 saturated heterocycles. The summed E-state index contributed by atoms with van der Waals surface area (Å²) in [7, 11) is 0. The number of nitrogens with zero attached hydrogens (tertiary/aromatic N) is 1. The molecule has 0 aliphatic carbocycles. The highest BCUT2D eigenvalue weighted by atomic mass is 32.1. The lowest BCUT2D eigenvalue weighted by atomic mass is 9.92. The van der Waals surface area contributed by atoms with Crippen molar-refractivity contribution in [3.63, 3.8) is 0 Å². The third-order valence-corrected chi connectivity index (χ3v) is 3.35. The van der Waals surface area contributed by atoms with E-state index in [4.69, 9.17) is 0 Å². The van der Waals surface area contributed by atoms with E-state index in [1.165, 1.54) is 17.4 Å². The molecule has 0 bridgehead atoms. The van der Waals surface area contributed by atoms with Gasteiger partial charge in [-0.1, -0.05) is 18.2 Å². The molecule has 90 valence electrons. The normalized spacial score (nSPS) is 14.5. The first kappa shape index (κ1) is 12.2. The van der Waals surface area contributed by atoms with E-state index >= 15 is 0 Å². The Hall–Kier alpha value is -1.26. The summed E-state index contributed by atoms with van der Waals surface area (Å²) < 4.78 is 13.5. The van der Waals surface area contributed by atoms with Gasteiger partial charge in [0.2, 0.25) is 0 Å². The summed E-state index contributed by atoms with van der Waals surface area (Å²) in [5, 5.41) is 10.3. The average Bonchev–Trinajstić information content (AvgIpc) is 2.73. The van der Waals surface area contributed by atoms with Crippen molar-refractivity contribution < 1.29 is 9.50 Å². The van der Waals surface area contributed by atoms with E-state index < -0.39 is 5.60 Å². The summed E-state index contributed by atoms with van der Waals surface area (Å²) in [5.41, 5.74) is 1.32. The maximum Gasteiger partial charge on any atom is 0.126 e. The van der Waals surface area contributed by atoms with Crippen molar-refractivity contribution >= 4 is 11.3 Å². The van der Waals surface area contributed by atoms with Gasteiger partial charge in [-0.05, 0) is 18.6 Å². The van der Waals surface area contributed by atoms with Gasteiger partial charge in [-0.3, -0.25) is 4.98 Å². The average molecular weight is 251 g/mol. The number of hydrogen-bond acceptors (Lipinski definition) is 3. The molecule has 0 aliphatic heterocycles. The van der Waals surface area contributed by atoms with Crippen LogP contribution in [0, 0.1) is 5.82 Å². The van der Waals surface area contributed by atoms with Gasteiger partial charge in [-0.2, -0.15) is 0 Å². The molecule has 0 aliphatic rings. The molecule has 1 N–H and O–H groups in total. The van der Waals surface area contributed by atoms with Crippen LogP contribution in [0.25, 0.3) is 0 Å².